The second-order valence-electron chi connectivity index (χ2n) is 4.95. The van der Waals surface area contributed by atoms with Crippen LogP contribution in [0.25, 0.3) is 10.8 Å². The molecule has 5 heteroatoms. The second-order valence-corrected chi connectivity index (χ2v) is 4.95. The van der Waals surface area contributed by atoms with Gasteiger partial charge in [-0.25, -0.2) is 0 Å². The molecule has 1 unspecified atom stereocenters. The van der Waals surface area contributed by atoms with Crippen molar-refractivity contribution in [3.8, 4) is 5.75 Å². The van der Waals surface area contributed by atoms with Crippen LogP contribution in [0, 0.1) is 0 Å². The Balaban J connectivity index is 2.21. The van der Waals surface area contributed by atoms with Crippen molar-refractivity contribution in [2.75, 3.05) is 6.61 Å². The summed E-state index contributed by atoms with van der Waals surface area (Å²) in [5.74, 6) is 0.463. The van der Waals surface area contributed by atoms with Gasteiger partial charge in [-0.2, -0.15) is 13.2 Å². The van der Waals surface area contributed by atoms with Gasteiger partial charge < -0.3 is 9.84 Å². The molecule has 114 valence electrons. The Bertz CT molecular complexity index is 606. The first-order chi connectivity index (χ1) is 9.88. The van der Waals surface area contributed by atoms with Gasteiger partial charge in [-0.1, -0.05) is 36.4 Å². The van der Waals surface area contributed by atoms with Crippen molar-refractivity contribution >= 4 is 10.8 Å². The van der Waals surface area contributed by atoms with Crippen LogP contribution in [0.1, 0.15) is 31.4 Å². The zero-order valence-electron chi connectivity index (χ0n) is 11.7. The van der Waals surface area contributed by atoms with E-state index in [0.29, 0.717) is 11.3 Å². The number of ether oxygens (including phenoxy) is 1. The lowest BCUT2D eigenvalue weighted by molar-refractivity contribution is -0.136. The highest BCUT2D eigenvalue weighted by Gasteiger charge is 2.26. The van der Waals surface area contributed by atoms with Gasteiger partial charge in [0, 0.05) is 17.4 Å². The maximum absolute atomic E-state index is 12.1. The summed E-state index contributed by atoms with van der Waals surface area (Å²) in [6.45, 7) is 1.57. The third-order valence-corrected chi connectivity index (χ3v) is 3.21. The molecule has 0 aliphatic heterocycles. The Morgan fingerprint density at radius 1 is 1.14 bits per heavy atom. The number of aliphatic hydroxyl groups excluding tert-OH is 1. The third kappa shape index (κ3) is 4.11. The zero-order valence-corrected chi connectivity index (χ0v) is 11.7. The van der Waals surface area contributed by atoms with Crippen molar-refractivity contribution in [2.45, 2.75) is 32.0 Å². The molecule has 0 radical (unpaired) electrons. The zero-order chi connectivity index (χ0) is 15.5. The van der Waals surface area contributed by atoms with E-state index in [2.05, 4.69) is 0 Å². The minimum absolute atomic E-state index is 0.0345. The molecule has 0 aliphatic rings. The van der Waals surface area contributed by atoms with Gasteiger partial charge in [0.1, 0.15) is 5.75 Å². The minimum Gasteiger partial charge on any atom is -0.493 e. The normalized spacial score (nSPS) is 13.4. The standard InChI is InChI=1S/C16H17F3O2/c1-11(20)13-8-7-12-5-2-3-6-14(12)15(13)21-10-4-9-16(17,18)19/h2-3,5-8,11,20H,4,9-10H2,1H3. The summed E-state index contributed by atoms with van der Waals surface area (Å²) >= 11 is 0. The first-order valence-electron chi connectivity index (χ1n) is 6.78. The van der Waals surface area contributed by atoms with E-state index < -0.39 is 18.7 Å². The first kappa shape index (κ1) is 15.6. The Morgan fingerprint density at radius 3 is 2.52 bits per heavy atom. The molecule has 0 spiro atoms. The average Bonchev–Trinajstić information content (AvgIpc) is 2.42. The number of hydrogen-bond acceptors (Lipinski definition) is 2. The van der Waals surface area contributed by atoms with Crippen LogP contribution >= 0.6 is 0 Å². The van der Waals surface area contributed by atoms with Crippen LogP contribution in [0.15, 0.2) is 36.4 Å². The Morgan fingerprint density at radius 2 is 1.86 bits per heavy atom. The number of alkyl halides is 3. The Labute approximate surface area is 121 Å². The summed E-state index contributed by atoms with van der Waals surface area (Å²) in [7, 11) is 0. The lowest BCUT2D eigenvalue weighted by Gasteiger charge is -2.16. The fourth-order valence-corrected chi connectivity index (χ4v) is 2.20. The largest absolute Gasteiger partial charge is 0.493 e. The predicted molar refractivity (Wildman–Crippen MR) is 75.4 cm³/mol. The molecule has 1 N–H and O–H groups in total. The van der Waals surface area contributed by atoms with Crippen molar-refractivity contribution in [1.29, 1.82) is 0 Å². The van der Waals surface area contributed by atoms with Gasteiger partial charge >= 0.3 is 6.18 Å². The molecule has 2 rings (SSSR count). The summed E-state index contributed by atoms with van der Waals surface area (Å²) in [5.41, 5.74) is 0.584. The van der Waals surface area contributed by atoms with E-state index >= 15 is 0 Å². The molecule has 2 nitrogen and oxygen atoms in total. The fourth-order valence-electron chi connectivity index (χ4n) is 2.20. The molecule has 0 aromatic heterocycles. The van der Waals surface area contributed by atoms with Crippen LogP contribution in [0.3, 0.4) is 0 Å². The van der Waals surface area contributed by atoms with Crippen molar-refractivity contribution in [1.82, 2.24) is 0 Å². The van der Waals surface area contributed by atoms with E-state index in [-0.39, 0.29) is 13.0 Å². The highest BCUT2D eigenvalue weighted by molar-refractivity contribution is 5.89. The Hall–Kier alpha value is -1.75. The summed E-state index contributed by atoms with van der Waals surface area (Å²) in [6, 6.07) is 11.0. The SMILES string of the molecule is CC(O)c1ccc2ccccc2c1OCCCC(F)(F)F. The number of rotatable bonds is 5. The molecule has 21 heavy (non-hydrogen) atoms. The molecule has 2 aromatic carbocycles. The van der Waals surface area contributed by atoms with Crippen molar-refractivity contribution in [2.24, 2.45) is 0 Å². The Kier molecular flexibility index (Phi) is 4.73. The molecule has 1 atom stereocenters. The van der Waals surface area contributed by atoms with Crippen molar-refractivity contribution in [3.63, 3.8) is 0 Å². The van der Waals surface area contributed by atoms with Gasteiger partial charge in [0.25, 0.3) is 0 Å². The first-order valence-corrected chi connectivity index (χ1v) is 6.78. The minimum atomic E-state index is -4.17. The molecule has 0 saturated carbocycles. The van der Waals surface area contributed by atoms with Crippen LogP contribution < -0.4 is 4.74 Å². The van der Waals surface area contributed by atoms with E-state index in [1.807, 2.05) is 30.3 Å². The molecule has 0 bridgehead atoms. The van der Waals surface area contributed by atoms with Gasteiger partial charge in [0.15, 0.2) is 0 Å². The van der Waals surface area contributed by atoms with E-state index in [1.165, 1.54) is 0 Å². The summed E-state index contributed by atoms with van der Waals surface area (Å²) in [5, 5.41) is 11.5. The molecule has 0 aliphatic carbocycles. The maximum atomic E-state index is 12.1. The predicted octanol–water partition coefficient (Wildman–Crippen LogP) is 4.61. The lowest BCUT2D eigenvalue weighted by atomic mass is 10.0. The topological polar surface area (TPSA) is 29.5 Å². The average molecular weight is 298 g/mol. The molecule has 2 aromatic rings. The lowest BCUT2D eigenvalue weighted by Crippen LogP contribution is -2.10. The summed E-state index contributed by atoms with van der Waals surface area (Å²) < 4.78 is 42.0. The van der Waals surface area contributed by atoms with Gasteiger partial charge in [-0.05, 0) is 18.7 Å². The van der Waals surface area contributed by atoms with Gasteiger partial charge in [0.2, 0.25) is 0 Å². The van der Waals surface area contributed by atoms with Crippen LogP contribution in [-0.4, -0.2) is 17.9 Å². The smallest absolute Gasteiger partial charge is 0.389 e. The van der Waals surface area contributed by atoms with E-state index in [9.17, 15) is 18.3 Å². The summed E-state index contributed by atoms with van der Waals surface area (Å²) in [6.07, 6.45) is -5.89. The molecular weight excluding hydrogens is 281 g/mol. The third-order valence-electron chi connectivity index (χ3n) is 3.21. The number of aliphatic hydroxyl groups is 1. The van der Waals surface area contributed by atoms with Gasteiger partial charge in [0.05, 0.1) is 12.7 Å². The quantitative estimate of drug-likeness (QED) is 0.816. The van der Waals surface area contributed by atoms with Crippen molar-refractivity contribution in [3.05, 3.63) is 42.0 Å². The number of benzene rings is 2. The van der Waals surface area contributed by atoms with E-state index in [1.54, 1.807) is 13.0 Å². The summed E-state index contributed by atoms with van der Waals surface area (Å²) in [4.78, 5) is 0. The van der Waals surface area contributed by atoms with Crippen LogP contribution in [-0.2, 0) is 0 Å². The highest BCUT2D eigenvalue weighted by atomic mass is 19.4. The van der Waals surface area contributed by atoms with E-state index in [4.69, 9.17) is 4.74 Å². The second kappa shape index (κ2) is 6.35. The van der Waals surface area contributed by atoms with Crippen LogP contribution in [0.4, 0.5) is 13.2 Å². The number of fused-ring (bicyclic) bond motifs is 1. The molecule has 0 amide bonds. The fraction of sp³-hybridized carbons (Fsp3) is 0.375. The molecular formula is C16H17F3O2. The number of hydrogen-bond donors (Lipinski definition) is 1. The van der Waals surface area contributed by atoms with E-state index in [0.717, 1.165) is 10.8 Å². The van der Waals surface area contributed by atoms with Gasteiger partial charge in [-0.3, -0.25) is 0 Å². The van der Waals surface area contributed by atoms with Gasteiger partial charge in [-0.15, -0.1) is 0 Å². The number of halogens is 3. The highest BCUT2D eigenvalue weighted by Crippen LogP contribution is 2.34. The van der Waals surface area contributed by atoms with Crippen LogP contribution in [0.5, 0.6) is 5.75 Å². The molecule has 0 fully saturated rings. The maximum Gasteiger partial charge on any atom is 0.389 e. The monoisotopic (exact) mass is 298 g/mol. The van der Waals surface area contributed by atoms with Crippen LogP contribution in [0.2, 0.25) is 0 Å². The molecule has 0 saturated heterocycles. The molecule has 0 heterocycles. The van der Waals surface area contributed by atoms with Crippen molar-refractivity contribution < 1.29 is 23.0 Å².